The molecule has 0 aliphatic carbocycles. The fourth-order valence-corrected chi connectivity index (χ4v) is 3.40. The Morgan fingerprint density at radius 3 is 2.35 bits per heavy atom. The Morgan fingerprint density at radius 1 is 1.00 bits per heavy atom. The molecule has 1 fully saturated rings. The summed E-state index contributed by atoms with van der Waals surface area (Å²) in [4.78, 5) is 9.30. The highest BCUT2D eigenvalue weighted by atomic mass is 15.3. The van der Waals surface area contributed by atoms with Crippen molar-refractivity contribution in [3.05, 3.63) is 30.5 Å². The minimum absolute atomic E-state index is 0.698. The van der Waals surface area contributed by atoms with Gasteiger partial charge in [-0.1, -0.05) is 13.8 Å². The predicted molar refractivity (Wildman–Crippen MR) is 108 cm³/mol. The molecule has 6 heteroatoms. The van der Waals surface area contributed by atoms with Gasteiger partial charge in [-0.2, -0.15) is 10.1 Å². The van der Waals surface area contributed by atoms with Gasteiger partial charge >= 0.3 is 0 Å². The lowest BCUT2D eigenvalue weighted by atomic mass is 10.1. The van der Waals surface area contributed by atoms with E-state index in [1.165, 1.54) is 24.9 Å². The topological polar surface area (TPSA) is 57.2 Å². The monoisotopic (exact) mass is 354 g/mol. The van der Waals surface area contributed by atoms with Crippen molar-refractivity contribution >= 4 is 23.1 Å². The summed E-state index contributed by atoms with van der Waals surface area (Å²) in [7, 11) is 0. The van der Waals surface area contributed by atoms with Gasteiger partial charge in [-0.3, -0.25) is 0 Å². The predicted octanol–water partition coefficient (Wildman–Crippen LogP) is 4.23. The molecule has 1 aliphatic rings. The van der Waals surface area contributed by atoms with Gasteiger partial charge in [-0.05, 0) is 56.4 Å². The van der Waals surface area contributed by atoms with Crippen molar-refractivity contribution in [2.24, 2.45) is 0 Å². The molecular weight excluding hydrogens is 324 g/mol. The lowest BCUT2D eigenvalue weighted by molar-refractivity contribution is 0.578. The summed E-state index contributed by atoms with van der Waals surface area (Å²) in [6, 6.07) is 8.59. The average Bonchev–Trinajstić information content (AvgIpc) is 2.69. The van der Waals surface area contributed by atoms with E-state index in [9.17, 15) is 0 Å². The van der Waals surface area contributed by atoms with Gasteiger partial charge in [0, 0.05) is 37.6 Å². The van der Waals surface area contributed by atoms with E-state index < -0.39 is 0 Å². The van der Waals surface area contributed by atoms with E-state index >= 15 is 0 Å². The van der Waals surface area contributed by atoms with Crippen LogP contribution < -0.4 is 15.1 Å². The van der Waals surface area contributed by atoms with Crippen molar-refractivity contribution in [3.63, 3.8) is 0 Å². The lowest BCUT2D eigenvalue weighted by Gasteiger charge is -2.28. The maximum absolute atomic E-state index is 4.65. The molecule has 0 bridgehead atoms. The van der Waals surface area contributed by atoms with Crippen LogP contribution in [0.3, 0.4) is 0 Å². The third-order valence-electron chi connectivity index (χ3n) is 4.68. The molecule has 2 aromatic rings. The Balaban J connectivity index is 1.67. The van der Waals surface area contributed by atoms with Crippen LogP contribution in [0.2, 0.25) is 0 Å². The van der Waals surface area contributed by atoms with E-state index in [0.29, 0.717) is 5.95 Å². The Kier molecular flexibility index (Phi) is 6.63. The number of hydrogen-bond donors (Lipinski definition) is 1. The van der Waals surface area contributed by atoms with E-state index in [2.05, 4.69) is 68.4 Å². The van der Waals surface area contributed by atoms with Gasteiger partial charge < -0.3 is 15.1 Å². The Hall–Kier alpha value is -2.37. The molecule has 0 unspecified atom stereocenters. The quantitative estimate of drug-likeness (QED) is 0.765. The molecule has 0 amide bonds. The third-order valence-corrected chi connectivity index (χ3v) is 4.68. The molecule has 26 heavy (non-hydrogen) atoms. The summed E-state index contributed by atoms with van der Waals surface area (Å²) in [6.45, 7) is 8.56. The summed E-state index contributed by atoms with van der Waals surface area (Å²) in [5, 5.41) is 11.7. The molecule has 6 nitrogen and oxygen atoms in total. The molecule has 0 radical (unpaired) electrons. The first kappa shape index (κ1) is 18.4. The zero-order valence-electron chi connectivity index (χ0n) is 16.0. The maximum atomic E-state index is 4.65. The van der Waals surface area contributed by atoms with E-state index in [1.807, 2.05) is 0 Å². The molecule has 0 saturated carbocycles. The Bertz CT molecular complexity index is 660. The van der Waals surface area contributed by atoms with E-state index in [-0.39, 0.29) is 0 Å². The first-order valence-electron chi connectivity index (χ1n) is 9.87. The van der Waals surface area contributed by atoms with Crippen molar-refractivity contribution in [3.8, 4) is 0 Å². The van der Waals surface area contributed by atoms with Crippen LogP contribution in [0.5, 0.6) is 0 Å². The molecule has 0 spiro atoms. The number of piperidine rings is 1. The van der Waals surface area contributed by atoms with Gasteiger partial charge in [-0.15, -0.1) is 5.10 Å². The number of nitrogens with one attached hydrogen (secondary N) is 1. The van der Waals surface area contributed by atoms with Crippen LogP contribution in [0, 0.1) is 0 Å². The van der Waals surface area contributed by atoms with Crippen molar-refractivity contribution in [1.29, 1.82) is 0 Å². The van der Waals surface area contributed by atoms with E-state index in [1.54, 1.807) is 6.20 Å². The normalized spacial score (nSPS) is 14.3. The van der Waals surface area contributed by atoms with Crippen molar-refractivity contribution in [2.45, 2.75) is 46.0 Å². The average molecular weight is 355 g/mol. The number of anilines is 4. The molecular formula is C20H30N6. The van der Waals surface area contributed by atoms with Crippen molar-refractivity contribution < 1.29 is 0 Å². The minimum atomic E-state index is 0.698. The molecule has 1 aromatic heterocycles. The largest absolute Gasteiger partial charge is 0.372 e. The zero-order chi connectivity index (χ0) is 18.2. The van der Waals surface area contributed by atoms with Crippen LogP contribution in [0.25, 0.3) is 0 Å². The van der Waals surface area contributed by atoms with Crippen LogP contribution in [-0.2, 0) is 0 Å². The van der Waals surface area contributed by atoms with Crippen LogP contribution in [0.1, 0.15) is 46.0 Å². The fourth-order valence-electron chi connectivity index (χ4n) is 3.40. The van der Waals surface area contributed by atoms with Gasteiger partial charge in [0.15, 0.2) is 5.82 Å². The summed E-state index contributed by atoms with van der Waals surface area (Å²) >= 11 is 0. The standard InChI is InChI=1S/C20H30N6/c1-3-12-26(13-4-2)20-23-19(16-21-24-20)22-17-8-10-18(11-9-17)25-14-6-5-7-15-25/h8-11,16H,3-7,12-15H2,1-2H3,(H,22,23,24). The fraction of sp³-hybridized carbons (Fsp3) is 0.550. The molecule has 2 heterocycles. The van der Waals surface area contributed by atoms with Crippen LogP contribution >= 0.6 is 0 Å². The first-order chi connectivity index (χ1) is 12.8. The van der Waals surface area contributed by atoms with Crippen LogP contribution in [-0.4, -0.2) is 41.4 Å². The summed E-state index contributed by atoms with van der Waals surface area (Å²) < 4.78 is 0. The van der Waals surface area contributed by atoms with Gasteiger partial charge in [0.25, 0.3) is 0 Å². The second kappa shape index (κ2) is 9.36. The maximum Gasteiger partial charge on any atom is 0.247 e. The van der Waals surface area contributed by atoms with Gasteiger partial charge in [0.1, 0.15) is 0 Å². The number of rotatable bonds is 8. The molecule has 0 atom stereocenters. The highest BCUT2D eigenvalue weighted by Gasteiger charge is 2.12. The Labute approximate surface area is 156 Å². The molecule has 1 saturated heterocycles. The Morgan fingerprint density at radius 2 is 1.69 bits per heavy atom. The van der Waals surface area contributed by atoms with E-state index in [0.717, 1.165) is 50.5 Å². The van der Waals surface area contributed by atoms with Crippen LogP contribution in [0.15, 0.2) is 30.5 Å². The first-order valence-corrected chi connectivity index (χ1v) is 9.87. The highest BCUT2D eigenvalue weighted by molar-refractivity contribution is 5.61. The second-order valence-electron chi connectivity index (χ2n) is 6.85. The van der Waals surface area contributed by atoms with Crippen molar-refractivity contribution in [2.75, 3.05) is 41.3 Å². The summed E-state index contributed by atoms with van der Waals surface area (Å²) in [6.07, 6.45) is 7.76. The minimum Gasteiger partial charge on any atom is -0.372 e. The molecule has 3 rings (SSSR count). The summed E-state index contributed by atoms with van der Waals surface area (Å²) in [5.74, 6) is 1.43. The van der Waals surface area contributed by atoms with Crippen LogP contribution in [0.4, 0.5) is 23.1 Å². The zero-order valence-corrected chi connectivity index (χ0v) is 16.0. The molecule has 1 N–H and O–H groups in total. The molecule has 140 valence electrons. The molecule has 1 aromatic carbocycles. The van der Waals surface area contributed by atoms with Gasteiger partial charge in [-0.25, -0.2) is 0 Å². The summed E-state index contributed by atoms with van der Waals surface area (Å²) in [5.41, 5.74) is 2.32. The number of aromatic nitrogens is 3. The SMILES string of the molecule is CCCN(CCC)c1nncc(Nc2ccc(N3CCCCC3)cc2)n1. The lowest BCUT2D eigenvalue weighted by Crippen LogP contribution is -2.29. The number of hydrogen-bond acceptors (Lipinski definition) is 6. The second-order valence-corrected chi connectivity index (χ2v) is 6.85. The van der Waals surface area contributed by atoms with Crippen molar-refractivity contribution in [1.82, 2.24) is 15.2 Å². The number of nitrogens with zero attached hydrogens (tertiary/aromatic N) is 5. The third kappa shape index (κ3) is 4.84. The van der Waals surface area contributed by atoms with E-state index in [4.69, 9.17) is 0 Å². The van der Waals surface area contributed by atoms with Gasteiger partial charge in [0.2, 0.25) is 5.95 Å². The number of benzene rings is 1. The molecule has 1 aliphatic heterocycles. The smallest absolute Gasteiger partial charge is 0.247 e. The highest BCUT2D eigenvalue weighted by Crippen LogP contribution is 2.23. The van der Waals surface area contributed by atoms with Gasteiger partial charge in [0.05, 0.1) is 6.20 Å².